The van der Waals surface area contributed by atoms with Crippen LogP contribution in [-0.2, 0) is 25.6 Å². The molecule has 0 aliphatic heterocycles. The summed E-state index contributed by atoms with van der Waals surface area (Å²) in [4.78, 5) is 52.8. The van der Waals surface area contributed by atoms with Crippen LogP contribution >= 0.6 is 0 Å². The largest absolute Gasteiger partial charge is 0.508 e. The number of rotatable bonds is 4. The third kappa shape index (κ3) is 3.28. The second-order valence-electron chi connectivity index (χ2n) is 12.5. The van der Waals surface area contributed by atoms with Crippen LogP contribution in [0.3, 0.4) is 0 Å². The number of aliphatic hydroxyl groups excluding tert-OH is 2. The highest BCUT2D eigenvalue weighted by atomic mass is 16.3. The molecule has 1 unspecified atom stereocenters. The Morgan fingerprint density at radius 1 is 1.02 bits per heavy atom. The Kier molecular flexibility index (Phi) is 5.98. The van der Waals surface area contributed by atoms with Crippen LogP contribution in [0.5, 0.6) is 5.75 Å². The van der Waals surface area contributed by atoms with E-state index in [1.807, 2.05) is 6.08 Å². The quantitative estimate of drug-likeness (QED) is 0.404. The molecule has 4 N–H and O–H groups in total. The van der Waals surface area contributed by atoms with E-state index in [9.17, 15) is 39.6 Å². The molecule has 1 aromatic carbocycles. The lowest BCUT2D eigenvalue weighted by Gasteiger charge is -2.59. The summed E-state index contributed by atoms with van der Waals surface area (Å²) in [6, 6.07) is 3.08. The van der Waals surface area contributed by atoms with Gasteiger partial charge in [0.2, 0.25) is 5.78 Å². The predicted octanol–water partition coefficient (Wildman–Crippen LogP) is 4.49. The first-order valence-electron chi connectivity index (χ1n) is 13.5. The van der Waals surface area contributed by atoms with Crippen molar-refractivity contribution >= 4 is 34.5 Å². The van der Waals surface area contributed by atoms with E-state index >= 15 is 0 Å². The number of fused-ring (bicyclic) bond motifs is 3. The maximum Gasteiger partial charge on any atom is 0.203 e. The number of phenols is 1. The minimum Gasteiger partial charge on any atom is -0.508 e. The Morgan fingerprint density at radius 2 is 1.68 bits per heavy atom. The number of Topliss-reactive ketones (excluding diaryl/α,β-unsaturated/α-hetero) is 4. The van der Waals surface area contributed by atoms with Crippen LogP contribution in [0.1, 0.15) is 71.1 Å². The fourth-order valence-corrected chi connectivity index (χ4v) is 8.09. The molecule has 8 heteroatoms. The van der Waals surface area contributed by atoms with E-state index in [2.05, 4.69) is 0 Å². The van der Waals surface area contributed by atoms with Crippen molar-refractivity contribution in [3.8, 4) is 5.75 Å². The molecule has 8 nitrogen and oxygen atoms in total. The van der Waals surface area contributed by atoms with Crippen LogP contribution in [0.25, 0.3) is 11.3 Å². The molecule has 0 aromatic heterocycles. The van der Waals surface area contributed by atoms with Crippen molar-refractivity contribution in [2.75, 3.05) is 0 Å². The van der Waals surface area contributed by atoms with E-state index in [1.165, 1.54) is 13.0 Å². The summed E-state index contributed by atoms with van der Waals surface area (Å²) in [5, 5.41) is 45.9. The van der Waals surface area contributed by atoms with Gasteiger partial charge in [-0.15, -0.1) is 0 Å². The van der Waals surface area contributed by atoms with Gasteiger partial charge in [-0.05, 0) is 61.8 Å². The lowest BCUT2D eigenvalue weighted by molar-refractivity contribution is -0.178. The normalized spacial score (nSPS) is 31.6. The van der Waals surface area contributed by atoms with Gasteiger partial charge < -0.3 is 20.4 Å². The maximum absolute atomic E-state index is 14.4. The van der Waals surface area contributed by atoms with Gasteiger partial charge in [-0.1, -0.05) is 45.9 Å². The number of benzene rings is 1. The molecule has 4 aliphatic rings. The highest BCUT2D eigenvalue weighted by Gasteiger charge is 2.72. The van der Waals surface area contributed by atoms with Gasteiger partial charge in [0.1, 0.15) is 22.8 Å². The van der Waals surface area contributed by atoms with Crippen molar-refractivity contribution in [3.05, 3.63) is 63.5 Å². The summed E-state index contributed by atoms with van der Waals surface area (Å²) >= 11 is 0. The van der Waals surface area contributed by atoms with Crippen LogP contribution in [0.15, 0.2) is 46.8 Å². The number of hydrogen-bond acceptors (Lipinski definition) is 8. The average Bonchev–Trinajstić information content (AvgIpc) is 3.31. The molecule has 4 atom stereocenters. The van der Waals surface area contributed by atoms with Gasteiger partial charge in [0.05, 0.1) is 5.56 Å². The number of ketones is 4. The molecule has 1 fully saturated rings. The molecule has 0 saturated heterocycles. The molecule has 4 aliphatic carbocycles. The molecule has 40 heavy (non-hydrogen) atoms. The first-order valence-corrected chi connectivity index (χ1v) is 13.5. The number of hydrogen-bond donors (Lipinski definition) is 4. The van der Waals surface area contributed by atoms with E-state index in [-0.39, 0.29) is 35.5 Å². The number of carbonyl (C=O) groups is 4. The SMILES string of the molecule is CC(=O)C1=C(c2ccc(O)c3c2C[C@]2(C)C[C@]4(C)C(C(C)C)C(=O)C(C(C)=O)=C(O)[C@]4(O)C(=O)C2=C3O)CC=C1. The molecular formula is C32H34O8. The average molecular weight is 547 g/mol. The second kappa shape index (κ2) is 8.61. The third-order valence-electron chi connectivity index (χ3n) is 9.52. The molecule has 0 radical (unpaired) electrons. The predicted molar refractivity (Wildman–Crippen MR) is 147 cm³/mol. The summed E-state index contributed by atoms with van der Waals surface area (Å²) in [5.74, 6) is -5.69. The minimum atomic E-state index is -2.65. The standard InChI is InChI=1S/C32H34O8/c1-14(2)24-26(36)22(16(4)34)28(38)32(40)29(39)25-27(37)23-20(12-30(25,5)13-31(24,32)6)19(10-11-21(23)35)18-9-7-8-17(18)15(3)33/h7-8,10-11,14,24,35,37-38,40H,9,12-13H2,1-6H3/t24?,30-,31-,32+/m1/s1. The smallest absolute Gasteiger partial charge is 0.203 e. The van der Waals surface area contributed by atoms with E-state index in [0.29, 0.717) is 23.1 Å². The molecule has 1 aromatic rings. The molecular weight excluding hydrogens is 512 g/mol. The van der Waals surface area contributed by atoms with Crippen molar-refractivity contribution in [2.24, 2.45) is 22.7 Å². The molecule has 0 amide bonds. The molecule has 0 heterocycles. The Morgan fingerprint density at radius 3 is 2.25 bits per heavy atom. The van der Waals surface area contributed by atoms with Gasteiger partial charge in [0, 0.05) is 27.9 Å². The molecule has 1 saturated carbocycles. The van der Waals surface area contributed by atoms with E-state index in [0.717, 1.165) is 12.5 Å². The summed E-state index contributed by atoms with van der Waals surface area (Å²) in [5.41, 5.74) is -3.57. The topological polar surface area (TPSA) is 149 Å². The number of carbonyl (C=O) groups excluding carboxylic acids is 4. The molecule has 5 rings (SSSR count). The number of aliphatic hydroxyl groups is 3. The lowest BCUT2D eigenvalue weighted by atomic mass is 9.43. The van der Waals surface area contributed by atoms with Crippen molar-refractivity contribution in [2.45, 2.75) is 66.4 Å². The van der Waals surface area contributed by atoms with Crippen molar-refractivity contribution < 1.29 is 39.6 Å². The monoisotopic (exact) mass is 546 g/mol. The lowest BCUT2D eigenvalue weighted by Crippen LogP contribution is -2.69. The van der Waals surface area contributed by atoms with Crippen LogP contribution in [-0.4, -0.2) is 49.2 Å². The van der Waals surface area contributed by atoms with Crippen LogP contribution in [0.2, 0.25) is 0 Å². The van der Waals surface area contributed by atoms with E-state index < -0.39 is 62.7 Å². The zero-order chi connectivity index (χ0) is 29.7. The second-order valence-corrected chi connectivity index (χ2v) is 12.5. The van der Waals surface area contributed by atoms with Crippen LogP contribution < -0.4 is 0 Å². The van der Waals surface area contributed by atoms with E-state index in [1.54, 1.807) is 39.8 Å². The Labute approximate surface area is 232 Å². The van der Waals surface area contributed by atoms with Gasteiger partial charge in [0.15, 0.2) is 23.0 Å². The highest BCUT2D eigenvalue weighted by Crippen LogP contribution is 2.65. The van der Waals surface area contributed by atoms with Gasteiger partial charge in [-0.25, -0.2) is 0 Å². The van der Waals surface area contributed by atoms with Crippen molar-refractivity contribution in [1.82, 2.24) is 0 Å². The van der Waals surface area contributed by atoms with Gasteiger partial charge in [0.25, 0.3) is 0 Å². The van der Waals surface area contributed by atoms with Crippen LogP contribution in [0.4, 0.5) is 0 Å². The summed E-state index contributed by atoms with van der Waals surface area (Å²) in [6.07, 6.45) is 4.26. The summed E-state index contributed by atoms with van der Waals surface area (Å²) in [7, 11) is 0. The number of phenolic OH excluding ortho intramolecular Hbond substituents is 1. The summed E-state index contributed by atoms with van der Waals surface area (Å²) < 4.78 is 0. The zero-order valence-corrected chi connectivity index (χ0v) is 23.5. The number of allylic oxidation sites excluding steroid dienone is 5. The Hall–Kier alpha value is -3.78. The molecule has 0 bridgehead atoms. The Bertz CT molecular complexity index is 1570. The fourth-order valence-electron chi connectivity index (χ4n) is 8.09. The van der Waals surface area contributed by atoms with Crippen molar-refractivity contribution in [1.29, 1.82) is 0 Å². The van der Waals surface area contributed by atoms with E-state index in [4.69, 9.17) is 0 Å². The number of aromatic hydroxyl groups is 1. The first-order chi connectivity index (χ1) is 18.5. The van der Waals surface area contributed by atoms with Crippen molar-refractivity contribution in [3.63, 3.8) is 0 Å². The first kappa shape index (κ1) is 27.8. The maximum atomic E-state index is 14.4. The molecule has 0 spiro atoms. The van der Waals surface area contributed by atoms with Gasteiger partial charge in [-0.3, -0.25) is 19.2 Å². The van der Waals surface area contributed by atoms with Gasteiger partial charge >= 0.3 is 0 Å². The fraction of sp³-hybridized carbons (Fsp3) is 0.438. The van der Waals surface area contributed by atoms with Gasteiger partial charge in [-0.2, -0.15) is 0 Å². The van der Waals surface area contributed by atoms with Crippen LogP contribution in [0, 0.1) is 22.7 Å². The highest BCUT2D eigenvalue weighted by molar-refractivity contribution is 6.24. The minimum absolute atomic E-state index is 0.0108. The zero-order valence-electron chi connectivity index (χ0n) is 23.5. The Balaban J connectivity index is 1.83. The molecule has 210 valence electrons. The third-order valence-corrected chi connectivity index (χ3v) is 9.52. The summed E-state index contributed by atoms with van der Waals surface area (Å²) in [6.45, 7) is 9.43.